The molecule has 0 radical (unpaired) electrons. The fourth-order valence-electron chi connectivity index (χ4n) is 1.37. The number of rotatable bonds is 5. The van der Waals surface area contributed by atoms with Gasteiger partial charge in [0.1, 0.15) is 5.75 Å². The van der Waals surface area contributed by atoms with Crippen molar-refractivity contribution in [3.05, 3.63) is 29.8 Å². The maximum absolute atomic E-state index is 11.7. The number of nitrogens with one attached hydrogen (secondary N) is 1. The number of amides is 1. The number of ether oxygens (including phenoxy) is 1. The lowest BCUT2D eigenvalue weighted by Crippen LogP contribution is -2.38. The number of benzene rings is 1. The summed E-state index contributed by atoms with van der Waals surface area (Å²) in [4.78, 5) is 11.7. The molecule has 5 heteroatoms. The Kier molecular flexibility index (Phi) is 7.39. The number of nitrogens with two attached hydrogens (primary N) is 1. The van der Waals surface area contributed by atoms with Gasteiger partial charge in [-0.1, -0.05) is 19.1 Å². The van der Waals surface area contributed by atoms with Crippen LogP contribution in [0.5, 0.6) is 5.75 Å². The molecule has 3 N–H and O–H groups in total. The number of halogens is 1. The molecule has 0 aromatic heterocycles. The first-order valence-corrected chi connectivity index (χ1v) is 5.71. The highest BCUT2D eigenvalue weighted by Gasteiger charge is 2.16. The van der Waals surface area contributed by atoms with Gasteiger partial charge in [-0.3, -0.25) is 4.79 Å². The van der Waals surface area contributed by atoms with Gasteiger partial charge in [-0.05, 0) is 24.6 Å². The number of carbonyl (C=O) groups excluding carboxylic acids is 1. The molecule has 0 saturated carbocycles. The topological polar surface area (TPSA) is 64.3 Å². The van der Waals surface area contributed by atoms with E-state index in [9.17, 15) is 4.79 Å². The smallest absolute Gasteiger partial charge is 0.224 e. The molecular weight excluding hydrogens is 252 g/mol. The number of methoxy groups -OCH3 is 1. The molecule has 0 aliphatic carbocycles. The molecule has 0 aliphatic heterocycles. The van der Waals surface area contributed by atoms with Crippen LogP contribution in [0.15, 0.2) is 24.3 Å². The Morgan fingerprint density at radius 1 is 1.44 bits per heavy atom. The zero-order chi connectivity index (χ0) is 12.8. The fourth-order valence-corrected chi connectivity index (χ4v) is 1.37. The third kappa shape index (κ3) is 4.94. The zero-order valence-corrected chi connectivity index (χ0v) is 11.8. The van der Waals surface area contributed by atoms with E-state index in [2.05, 4.69) is 5.32 Å². The van der Waals surface area contributed by atoms with Crippen molar-refractivity contribution in [2.75, 3.05) is 7.11 Å². The molecular formula is C13H21ClN2O2. The summed E-state index contributed by atoms with van der Waals surface area (Å²) >= 11 is 0. The Bertz CT molecular complexity index is 383. The highest BCUT2D eigenvalue weighted by atomic mass is 35.5. The maximum atomic E-state index is 11.7. The van der Waals surface area contributed by atoms with Gasteiger partial charge in [0.2, 0.25) is 5.91 Å². The normalized spacial score (nSPS) is 13.1. The SMILES string of the molecule is COc1cccc(CNC(=O)C(C)C(C)N)c1.Cl. The quantitative estimate of drug-likeness (QED) is 0.858. The first-order chi connectivity index (χ1) is 8.04. The molecule has 0 bridgehead atoms. The molecule has 18 heavy (non-hydrogen) atoms. The largest absolute Gasteiger partial charge is 0.497 e. The van der Waals surface area contributed by atoms with Crippen molar-refractivity contribution in [1.29, 1.82) is 0 Å². The summed E-state index contributed by atoms with van der Waals surface area (Å²) in [6, 6.07) is 7.47. The van der Waals surface area contributed by atoms with Crippen LogP contribution < -0.4 is 15.8 Å². The van der Waals surface area contributed by atoms with E-state index >= 15 is 0 Å². The second kappa shape index (κ2) is 7.95. The summed E-state index contributed by atoms with van der Waals surface area (Å²) in [5.41, 5.74) is 6.68. The van der Waals surface area contributed by atoms with E-state index in [1.165, 1.54) is 0 Å². The third-order valence-electron chi connectivity index (χ3n) is 2.80. The number of carbonyl (C=O) groups is 1. The molecule has 1 aromatic rings. The summed E-state index contributed by atoms with van der Waals surface area (Å²) in [5, 5.41) is 2.86. The van der Waals surface area contributed by atoms with E-state index < -0.39 is 0 Å². The van der Waals surface area contributed by atoms with Crippen LogP contribution in [0.3, 0.4) is 0 Å². The molecule has 0 spiro atoms. The molecule has 1 rings (SSSR count). The fraction of sp³-hybridized carbons (Fsp3) is 0.462. The van der Waals surface area contributed by atoms with Gasteiger partial charge in [0.25, 0.3) is 0 Å². The summed E-state index contributed by atoms with van der Waals surface area (Å²) in [6.45, 7) is 4.15. The van der Waals surface area contributed by atoms with Gasteiger partial charge in [0.15, 0.2) is 0 Å². The third-order valence-corrected chi connectivity index (χ3v) is 2.80. The second-order valence-corrected chi connectivity index (χ2v) is 4.22. The Labute approximate surface area is 114 Å². The van der Waals surface area contributed by atoms with Crippen LogP contribution in [0.1, 0.15) is 19.4 Å². The molecule has 0 fully saturated rings. The van der Waals surface area contributed by atoms with Crippen LogP contribution in [-0.2, 0) is 11.3 Å². The zero-order valence-electron chi connectivity index (χ0n) is 11.0. The summed E-state index contributed by atoms with van der Waals surface area (Å²) in [7, 11) is 1.62. The Hall–Kier alpha value is -1.26. The molecule has 2 unspecified atom stereocenters. The Morgan fingerprint density at radius 3 is 2.67 bits per heavy atom. The summed E-state index contributed by atoms with van der Waals surface area (Å²) in [5.74, 6) is 0.584. The average molecular weight is 273 g/mol. The lowest BCUT2D eigenvalue weighted by Gasteiger charge is -2.15. The van der Waals surface area contributed by atoms with Gasteiger partial charge in [0, 0.05) is 18.5 Å². The van der Waals surface area contributed by atoms with Crippen LogP contribution in [0.2, 0.25) is 0 Å². The second-order valence-electron chi connectivity index (χ2n) is 4.22. The minimum atomic E-state index is -0.180. The van der Waals surface area contributed by atoms with Crippen molar-refractivity contribution >= 4 is 18.3 Å². The molecule has 2 atom stereocenters. The van der Waals surface area contributed by atoms with Gasteiger partial charge in [-0.2, -0.15) is 0 Å². The van der Waals surface area contributed by atoms with Crippen LogP contribution in [-0.4, -0.2) is 19.1 Å². The van der Waals surface area contributed by atoms with Crippen LogP contribution in [0.4, 0.5) is 0 Å². The number of hydrogen-bond donors (Lipinski definition) is 2. The lowest BCUT2D eigenvalue weighted by molar-refractivity contribution is -0.125. The summed E-state index contributed by atoms with van der Waals surface area (Å²) in [6.07, 6.45) is 0. The molecule has 4 nitrogen and oxygen atoms in total. The van der Waals surface area contributed by atoms with Crippen molar-refractivity contribution in [3.8, 4) is 5.75 Å². The van der Waals surface area contributed by atoms with E-state index in [1.807, 2.05) is 38.1 Å². The van der Waals surface area contributed by atoms with E-state index in [-0.39, 0.29) is 30.3 Å². The van der Waals surface area contributed by atoms with E-state index in [0.29, 0.717) is 6.54 Å². The van der Waals surface area contributed by atoms with Crippen molar-refractivity contribution in [2.24, 2.45) is 11.7 Å². The highest BCUT2D eigenvalue weighted by Crippen LogP contribution is 2.12. The Morgan fingerprint density at radius 2 is 2.11 bits per heavy atom. The van der Waals surface area contributed by atoms with Crippen molar-refractivity contribution in [2.45, 2.75) is 26.4 Å². The number of hydrogen-bond acceptors (Lipinski definition) is 3. The van der Waals surface area contributed by atoms with Gasteiger partial charge >= 0.3 is 0 Å². The van der Waals surface area contributed by atoms with Crippen molar-refractivity contribution in [1.82, 2.24) is 5.32 Å². The molecule has 1 amide bonds. The van der Waals surface area contributed by atoms with Crippen molar-refractivity contribution < 1.29 is 9.53 Å². The van der Waals surface area contributed by atoms with E-state index in [4.69, 9.17) is 10.5 Å². The first kappa shape index (κ1) is 16.7. The monoisotopic (exact) mass is 272 g/mol. The minimum Gasteiger partial charge on any atom is -0.497 e. The van der Waals surface area contributed by atoms with E-state index in [0.717, 1.165) is 11.3 Å². The predicted octanol–water partition coefficient (Wildman–Crippen LogP) is 1.72. The molecule has 1 aromatic carbocycles. The molecule has 102 valence electrons. The van der Waals surface area contributed by atoms with Gasteiger partial charge in [0.05, 0.1) is 7.11 Å². The van der Waals surface area contributed by atoms with Gasteiger partial charge in [-0.15, -0.1) is 12.4 Å². The van der Waals surface area contributed by atoms with Crippen molar-refractivity contribution in [3.63, 3.8) is 0 Å². The Balaban J connectivity index is 0.00000289. The predicted molar refractivity (Wildman–Crippen MR) is 74.9 cm³/mol. The molecule has 0 saturated heterocycles. The van der Waals surface area contributed by atoms with Crippen LogP contribution in [0, 0.1) is 5.92 Å². The molecule has 0 heterocycles. The standard InChI is InChI=1S/C13H20N2O2.ClH/c1-9(10(2)14)13(16)15-8-11-5-4-6-12(7-11)17-3;/h4-7,9-10H,8,14H2,1-3H3,(H,15,16);1H. The maximum Gasteiger partial charge on any atom is 0.224 e. The first-order valence-electron chi connectivity index (χ1n) is 5.71. The summed E-state index contributed by atoms with van der Waals surface area (Å²) < 4.78 is 5.11. The lowest BCUT2D eigenvalue weighted by atomic mass is 10.0. The molecule has 0 aliphatic rings. The van der Waals surface area contributed by atoms with E-state index in [1.54, 1.807) is 7.11 Å². The minimum absolute atomic E-state index is 0. The van der Waals surface area contributed by atoms with Gasteiger partial charge < -0.3 is 15.8 Å². The van der Waals surface area contributed by atoms with Gasteiger partial charge in [-0.25, -0.2) is 0 Å². The van der Waals surface area contributed by atoms with Crippen LogP contribution >= 0.6 is 12.4 Å². The highest BCUT2D eigenvalue weighted by molar-refractivity contribution is 5.85. The average Bonchev–Trinajstić information content (AvgIpc) is 2.35. The van der Waals surface area contributed by atoms with Crippen LogP contribution in [0.25, 0.3) is 0 Å².